The molecule has 2 aromatic rings. The van der Waals surface area contributed by atoms with Gasteiger partial charge in [-0.1, -0.05) is 48.6 Å². The van der Waals surface area contributed by atoms with E-state index in [9.17, 15) is 10.2 Å². The van der Waals surface area contributed by atoms with Crippen LogP contribution in [0.2, 0.25) is 0 Å². The predicted octanol–water partition coefficient (Wildman–Crippen LogP) is 4.44. The first-order chi connectivity index (χ1) is 11.7. The van der Waals surface area contributed by atoms with E-state index in [1.807, 2.05) is 18.2 Å². The second-order valence-corrected chi connectivity index (χ2v) is 5.20. The SMILES string of the molecule is Oc1ccccc1N=NC1(N=Nc2ccccc2)C=CC=CC1O. The van der Waals surface area contributed by atoms with Gasteiger partial charge in [0.05, 0.1) is 5.69 Å². The van der Waals surface area contributed by atoms with Crippen molar-refractivity contribution in [2.24, 2.45) is 20.5 Å². The van der Waals surface area contributed by atoms with E-state index in [2.05, 4.69) is 20.5 Å². The number of azo groups is 2. The molecule has 1 aliphatic rings. The number of aliphatic hydroxyl groups excluding tert-OH is 1. The highest BCUT2D eigenvalue weighted by molar-refractivity contribution is 5.49. The number of hydrogen-bond donors (Lipinski definition) is 2. The van der Waals surface area contributed by atoms with Gasteiger partial charge in [-0.15, -0.1) is 15.3 Å². The molecule has 24 heavy (non-hydrogen) atoms. The van der Waals surface area contributed by atoms with Gasteiger partial charge in [0.1, 0.15) is 17.5 Å². The maximum absolute atomic E-state index is 10.3. The molecule has 3 rings (SSSR count). The van der Waals surface area contributed by atoms with E-state index in [0.717, 1.165) is 0 Å². The number of nitrogens with zero attached hydrogens (tertiary/aromatic N) is 4. The number of aliphatic hydroxyl groups is 1. The molecule has 6 nitrogen and oxygen atoms in total. The lowest BCUT2D eigenvalue weighted by atomic mass is 10.00. The Morgan fingerprint density at radius 3 is 2.29 bits per heavy atom. The van der Waals surface area contributed by atoms with Crippen molar-refractivity contribution in [3.05, 3.63) is 78.9 Å². The number of rotatable bonds is 4. The molecule has 0 saturated carbocycles. The fourth-order valence-corrected chi connectivity index (χ4v) is 2.13. The first-order valence-electron chi connectivity index (χ1n) is 7.42. The molecule has 2 aromatic carbocycles. The fourth-order valence-electron chi connectivity index (χ4n) is 2.13. The predicted molar refractivity (Wildman–Crippen MR) is 90.6 cm³/mol. The van der Waals surface area contributed by atoms with Crippen molar-refractivity contribution in [1.29, 1.82) is 0 Å². The molecule has 0 aromatic heterocycles. The van der Waals surface area contributed by atoms with Crippen LogP contribution in [0.25, 0.3) is 0 Å². The lowest BCUT2D eigenvalue weighted by molar-refractivity contribution is 0.150. The Kier molecular flexibility index (Phi) is 4.58. The molecule has 0 amide bonds. The Morgan fingerprint density at radius 2 is 1.54 bits per heavy atom. The van der Waals surface area contributed by atoms with Crippen LogP contribution in [-0.4, -0.2) is 22.0 Å². The first kappa shape index (κ1) is 15.8. The highest BCUT2D eigenvalue weighted by Gasteiger charge is 2.36. The van der Waals surface area contributed by atoms with Crippen molar-refractivity contribution >= 4 is 11.4 Å². The number of allylic oxidation sites excluding steroid dienone is 2. The minimum Gasteiger partial charge on any atom is -0.506 e. The van der Waals surface area contributed by atoms with Gasteiger partial charge in [-0.2, -0.15) is 5.11 Å². The number of benzene rings is 2. The third kappa shape index (κ3) is 3.44. The van der Waals surface area contributed by atoms with E-state index >= 15 is 0 Å². The highest BCUT2D eigenvalue weighted by atomic mass is 16.3. The molecular formula is C18H16N4O2. The number of para-hydroxylation sites is 1. The summed E-state index contributed by atoms with van der Waals surface area (Å²) in [4.78, 5) is 0. The fraction of sp³-hybridized carbons (Fsp3) is 0.111. The maximum atomic E-state index is 10.3. The van der Waals surface area contributed by atoms with E-state index in [4.69, 9.17) is 0 Å². The average Bonchev–Trinajstić information content (AvgIpc) is 2.62. The number of hydrogen-bond acceptors (Lipinski definition) is 6. The summed E-state index contributed by atoms with van der Waals surface area (Å²) in [6.45, 7) is 0. The van der Waals surface area contributed by atoms with Gasteiger partial charge in [0.25, 0.3) is 0 Å². The summed E-state index contributed by atoms with van der Waals surface area (Å²) in [7, 11) is 0. The molecule has 2 unspecified atom stereocenters. The van der Waals surface area contributed by atoms with Crippen LogP contribution in [0.3, 0.4) is 0 Å². The summed E-state index contributed by atoms with van der Waals surface area (Å²) >= 11 is 0. The third-order valence-corrected chi connectivity index (χ3v) is 3.46. The van der Waals surface area contributed by atoms with Gasteiger partial charge in [0.2, 0.25) is 5.66 Å². The normalized spacial score (nSPS) is 23.3. The summed E-state index contributed by atoms with van der Waals surface area (Å²) in [6.07, 6.45) is 5.60. The van der Waals surface area contributed by atoms with Gasteiger partial charge >= 0.3 is 0 Å². The molecule has 0 bridgehead atoms. The molecule has 0 fully saturated rings. The smallest absolute Gasteiger partial charge is 0.239 e. The Balaban J connectivity index is 1.95. The monoisotopic (exact) mass is 320 g/mol. The van der Waals surface area contributed by atoms with Crippen molar-refractivity contribution in [2.45, 2.75) is 11.8 Å². The molecular weight excluding hydrogens is 304 g/mol. The van der Waals surface area contributed by atoms with Crippen molar-refractivity contribution in [3.63, 3.8) is 0 Å². The first-order valence-corrected chi connectivity index (χ1v) is 7.42. The van der Waals surface area contributed by atoms with Gasteiger partial charge in [-0.25, -0.2) is 0 Å². The molecule has 2 atom stereocenters. The zero-order valence-corrected chi connectivity index (χ0v) is 12.8. The molecule has 0 heterocycles. The maximum Gasteiger partial charge on any atom is 0.239 e. The van der Waals surface area contributed by atoms with Gasteiger partial charge in [-0.05, 0) is 30.3 Å². The van der Waals surface area contributed by atoms with Crippen molar-refractivity contribution in [3.8, 4) is 5.75 Å². The summed E-state index contributed by atoms with van der Waals surface area (Å²) < 4.78 is 0. The lowest BCUT2D eigenvalue weighted by Crippen LogP contribution is -2.36. The summed E-state index contributed by atoms with van der Waals surface area (Å²) in [6, 6.07) is 15.7. The van der Waals surface area contributed by atoms with Gasteiger partial charge in [0.15, 0.2) is 0 Å². The molecule has 0 spiro atoms. The summed E-state index contributed by atoms with van der Waals surface area (Å²) in [5.74, 6) is 0.00113. The molecule has 2 N–H and O–H groups in total. The Bertz CT molecular complexity index is 815. The Labute approximate surface area is 139 Å². The number of aromatic hydroxyl groups is 1. The summed E-state index contributed by atoms with van der Waals surface area (Å²) in [5.41, 5.74) is -0.431. The van der Waals surface area contributed by atoms with E-state index in [-0.39, 0.29) is 5.75 Å². The largest absolute Gasteiger partial charge is 0.506 e. The van der Waals surface area contributed by atoms with E-state index in [1.54, 1.807) is 54.6 Å². The van der Waals surface area contributed by atoms with Gasteiger partial charge in [0, 0.05) is 0 Å². The van der Waals surface area contributed by atoms with Crippen LogP contribution >= 0.6 is 0 Å². The molecule has 0 aliphatic heterocycles. The third-order valence-electron chi connectivity index (χ3n) is 3.46. The Morgan fingerprint density at radius 1 is 0.833 bits per heavy atom. The zero-order valence-electron chi connectivity index (χ0n) is 12.8. The number of phenols is 1. The van der Waals surface area contributed by atoms with Crippen molar-refractivity contribution in [1.82, 2.24) is 0 Å². The molecule has 0 saturated heterocycles. The van der Waals surface area contributed by atoms with Crippen LogP contribution < -0.4 is 0 Å². The van der Waals surface area contributed by atoms with Crippen LogP contribution in [0.1, 0.15) is 0 Å². The van der Waals surface area contributed by atoms with Crippen molar-refractivity contribution < 1.29 is 10.2 Å². The van der Waals surface area contributed by atoms with Crippen LogP contribution in [-0.2, 0) is 0 Å². The van der Waals surface area contributed by atoms with Crippen molar-refractivity contribution in [2.75, 3.05) is 0 Å². The second-order valence-electron chi connectivity index (χ2n) is 5.20. The zero-order chi connectivity index (χ0) is 16.8. The highest BCUT2D eigenvalue weighted by Crippen LogP contribution is 2.32. The lowest BCUT2D eigenvalue weighted by Gasteiger charge is -2.24. The average molecular weight is 320 g/mol. The van der Waals surface area contributed by atoms with Gasteiger partial charge in [-0.3, -0.25) is 0 Å². The second kappa shape index (κ2) is 6.97. The minimum absolute atomic E-state index is 0.00113. The van der Waals surface area contributed by atoms with E-state index in [1.165, 1.54) is 6.07 Å². The Hall–Kier alpha value is -3.12. The van der Waals surface area contributed by atoms with Crippen LogP contribution in [0.4, 0.5) is 11.4 Å². The summed E-state index contributed by atoms with van der Waals surface area (Å²) in [5, 5.41) is 36.7. The molecule has 0 radical (unpaired) electrons. The molecule has 6 heteroatoms. The topological polar surface area (TPSA) is 89.9 Å². The minimum atomic E-state index is -1.37. The molecule has 120 valence electrons. The van der Waals surface area contributed by atoms with Crippen LogP contribution in [0.15, 0.2) is 99.4 Å². The van der Waals surface area contributed by atoms with Crippen LogP contribution in [0, 0.1) is 0 Å². The van der Waals surface area contributed by atoms with E-state index < -0.39 is 11.8 Å². The quantitative estimate of drug-likeness (QED) is 0.815. The standard InChI is InChI=1S/C18H16N4O2/c23-16-11-5-4-10-15(16)20-22-18(13-7-6-12-17(18)24)21-19-14-8-2-1-3-9-14/h1-13,17,23-24H. The van der Waals surface area contributed by atoms with E-state index in [0.29, 0.717) is 11.4 Å². The molecule has 1 aliphatic carbocycles. The number of phenolic OH excluding ortho intramolecular Hbond substituents is 1. The van der Waals surface area contributed by atoms with Gasteiger partial charge < -0.3 is 10.2 Å². The van der Waals surface area contributed by atoms with Crippen LogP contribution in [0.5, 0.6) is 5.75 Å².